The van der Waals surface area contributed by atoms with E-state index in [1.165, 1.54) is 5.56 Å². The van der Waals surface area contributed by atoms with Gasteiger partial charge in [-0.3, -0.25) is 4.79 Å². The van der Waals surface area contributed by atoms with E-state index < -0.39 is 0 Å². The molecule has 0 unspecified atom stereocenters. The van der Waals surface area contributed by atoms with Crippen molar-refractivity contribution >= 4 is 17.7 Å². The lowest BCUT2D eigenvalue weighted by atomic mass is 10.1. The highest BCUT2D eigenvalue weighted by molar-refractivity contribution is 6.04. The minimum Gasteiger partial charge on any atom is -0.306 e. The molecule has 0 radical (unpaired) electrons. The number of aryl methyl sites for hydroxylation is 1. The third-order valence-corrected chi connectivity index (χ3v) is 3.28. The van der Waals surface area contributed by atoms with Gasteiger partial charge in [0.05, 0.1) is 0 Å². The second-order valence-electron chi connectivity index (χ2n) is 5.38. The van der Waals surface area contributed by atoms with Crippen LogP contribution in [-0.2, 0) is 4.79 Å². The summed E-state index contributed by atoms with van der Waals surface area (Å²) in [6, 6.07) is 18.0. The summed E-state index contributed by atoms with van der Waals surface area (Å²) in [6.45, 7) is 6.09. The minimum absolute atomic E-state index is 0.00299. The fraction of sp³-hybridized carbons (Fsp3) is 0.211. The first-order valence-corrected chi connectivity index (χ1v) is 7.21. The van der Waals surface area contributed by atoms with E-state index in [0.29, 0.717) is 0 Å². The van der Waals surface area contributed by atoms with E-state index in [-0.39, 0.29) is 11.9 Å². The maximum absolute atomic E-state index is 12.5. The standard InChI is InChI=1S/C19H21NO/c1-15(2)20(18-7-5-4-6-8-18)19(21)14-13-17-11-9-16(3)10-12-17/h4-15H,1-3H3/b14-13+. The molecule has 2 aromatic carbocycles. The van der Waals surface area contributed by atoms with Crippen molar-refractivity contribution in [1.29, 1.82) is 0 Å². The minimum atomic E-state index is -0.00299. The average Bonchev–Trinajstić information content (AvgIpc) is 2.47. The number of para-hydroxylation sites is 1. The van der Waals surface area contributed by atoms with Gasteiger partial charge in [0.15, 0.2) is 0 Å². The highest BCUT2D eigenvalue weighted by Gasteiger charge is 2.16. The van der Waals surface area contributed by atoms with Gasteiger partial charge in [-0.15, -0.1) is 0 Å². The van der Waals surface area contributed by atoms with E-state index in [1.807, 2.05) is 74.5 Å². The predicted octanol–water partition coefficient (Wildman–Crippen LogP) is 4.45. The van der Waals surface area contributed by atoms with E-state index in [1.54, 1.807) is 11.0 Å². The molecule has 0 spiro atoms. The van der Waals surface area contributed by atoms with E-state index in [0.717, 1.165) is 11.3 Å². The maximum Gasteiger partial charge on any atom is 0.251 e. The monoisotopic (exact) mass is 279 g/mol. The predicted molar refractivity (Wildman–Crippen MR) is 89.3 cm³/mol. The van der Waals surface area contributed by atoms with Gasteiger partial charge >= 0.3 is 0 Å². The summed E-state index contributed by atoms with van der Waals surface area (Å²) in [5.41, 5.74) is 3.17. The third-order valence-electron chi connectivity index (χ3n) is 3.28. The lowest BCUT2D eigenvalue weighted by molar-refractivity contribution is -0.114. The summed E-state index contributed by atoms with van der Waals surface area (Å²) in [5, 5.41) is 0. The van der Waals surface area contributed by atoms with E-state index in [4.69, 9.17) is 0 Å². The molecule has 0 saturated carbocycles. The Balaban J connectivity index is 2.18. The lowest BCUT2D eigenvalue weighted by Gasteiger charge is -2.25. The number of hydrogen-bond donors (Lipinski definition) is 0. The smallest absolute Gasteiger partial charge is 0.251 e. The molecule has 0 aliphatic carbocycles. The third kappa shape index (κ3) is 4.06. The zero-order valence-corrected chi connectivity index (χ0v) is 12.8. The Kier molecular flexibility index (Phi) is 4.94. The van der Waals surface area contributed by atoms with Gasteiger partial charge in [0.25, 0.3) is 5.91 Å². The van der Waals surface area contributed by atoms with E-state index in [9.17, 15) is 4.79 Å². The highest BCUT2D eigenvalue weighted by atomic mass is 16.2. The van der Waals surface area contributed by atoms with Crippen molar-refractivity contribution < 1.29 is 4.79 Å². The Labute approximate surface area is 126 Å². The number of anilines is 1. The Morgan fingerprint density at radius 2 is 1.62 bits per heavy atom. The van der Waals surface area contributed by atoms with Crippen LogP contribution in [0, 0.1) is 6.92 Å². The van der Waals surface area contributed by atoms with Crippen LogP contribution in [0.4, 0.5) is 5.69 Å². The summed E-state index contributed by atoms with van der Waals surface area (Å²) in [7, 11) is 0. The van der Waals surface area contributed by atoms with Crippen LogP contribution in [0.2, 0.25) is 0 Å². The van der Waals surface area contributed by atoms with Gasteiger partial charge in [-0.1, -0.05) is 48.0 Å². The maximum atomic E-state index is 12.5. The fourth-order valence-electron chi connectivity index (χ4n) is 2.19. The van der Waals surface area contributed by atoms with Crippen molar-refractivity contribution in [3.05, 3.63) is 71.8 Å². The molecule has 0 atom stereocenters. The van der Waals surface area contributed by atoms with Crippen LogP contribution in [0.5, 0.6) is 0 Å². The van der Waals surface area contributed by atoms with Crippen LogP contribution < -0.4 is 4.90 Å². The van der Waals surface area contributed by atoms with Crippen molar-refractivity contribution in [3.8, 4) is 0 Å². The first-order chi connectivity index (χ1) is 10.1. The normalized spacial score (nSPS) is 11.0. The van der Waals surface area contributed by atoms with Crippen LogP contribution in [0.25, 0.3) is 6.08 Å². The zero-order chi connectivity index (χ0) is 15.2. The molecule has 0 N–H and O–H groups in total. The SMILES string of the molecule is Cc1ccc(/C=C/C(=O)N(c2ccccc2)C(C)C)cc1. The molecular weight excluding hydrogens is 258 g/mol. The number of amides is 1. The van der Waals surface area contributed by atoms with Crippen LogP contribution in [0.1, 0.15) is 25.0 Å². The van der Waals surface area contributed by atoms with Crippen LogP contribution in [0.15, 0.2) is 60.7 Å². The second kappa shape index (κ2) is 6.89. The Morgan fingerprint density at radius 1 is 1.00 bits per heavy atom. The first-order valence-electron chi connectivity index (χ1n) is 7.21. The van der Waals surface area contributed by atoms with Crippen molar-refractivity contribution in [2.24, 2.45) is 0 Å². The lowest BCUT2D eigenvalue weighted by Crippen LogP contribution is -2.35. The fourth-order valence-corrected chi connectivity index (χ4v) is 2.19. The van der Waals surface area contributed by atoms with Crippen molar-refractivity contribution in [2.45, 2.75) is 26.8 Å². The highest BCUT2D eigenvalue weighted by Crippen LogP contribution is 2.17. The van der Waals surface area contributed by atoms with Gasteiger partial charge in [-0.05, 0) is 44.5 Å². The molecule has 2 heteroatoms. The van der Waals surface area contributed by atoms with Crippen LogP contribution in [0.3, 0.4) is 0 Å². The molecule has 1 amide bonds. The number of carbonyl (C=O) groups excluding carboxylic acids is 1. The van der Waals surface area contributed by atoms with Gasteiger partial charge in [-0.2, -0.15) is 0 Å². The van der Waals surface area contributed by atoms with Crippen molar-refractivity contribution in [1.82, 2.24) is 0 Å². The number of nitrogens with zero attached hydrogens (tertiary/aromatic N) is 1. The molecule has 108 valence electrons. The van der Waals surface area contributed by atoms with Gasteiger partial charge in [0.1, 0.15) is 0 Å². The summed E-state index contributed by atoms with van der Waals surface area (Å²) in [4.78, 5) is 14.3. The van der Waals surface area contributed by atoms with Gasteiger partial charge in [0.2, 0.25) is 0 Å². The topological polar surface area (TPSA) is 20.3 Å². The second-order valence-corrected chi connectivity index (χ2v) is 5.38. The molecule has 2 nitrogen and oxygen atoms in total. The molecule has 0 aliphatic heterocycles. The summed E-state index contributed by atoms with van der Waals surface area (Å²) in [6.07, 6.45) is 3.50. The molecule has 2 aromatic rings. The van der Waals surface area contributed by atoms with Crippen LogP contribution in [-0.4, -0.2) is 11.9 Å². The van der Waals surface area contributed by atoms with Gasteiger partial charge in [0, 0.05) is 17.8 Å². The Bertz CT molecular complexity index is 612. The quantitative estimate of drug-likeness (QED) is 0.757. The Hall–Kier alpha value is -2.35. The largest absolute Gasteiger partial charge is 0.306 e. The molecule has 0 bridgehead atoms. The summed E-state index contributed by atoms with van der Waals surface area (Å²) >= 11 is 0. The average molecular weight is 279 g/mol. The molecule has 2 rings (SSSR count). The molecule has 0 aromatic heterocycles. The number of carbonyl (C=O) groups is 1. The summed E-state index contributed by atoms with van der Waals surface area (Å²) in [5.74, 6) is -0.00299. The molecule has 0 saturated heterocycles. The Morgan fingerprint density at radius 3 is 2.19 bits per heavy atom. The first kappa shape index (κ1) is 15.0. The molecule has 0 heterocycles. The molecule has 0 fully saturated rings. The molecule has 0 aliphatic rings. The van der Waals surface area contributed by atoms with Crippen molar-refractivity contribution in [2.75, 3.05) is 4.90 Å². The molecule has 21 heavy (non-hydrogen) atoms. The number of rotatable bonds is 4. The number of hydrogen-bond acceptors (Lipinski definition) is 1. The van der Waals surface area contributed by atoms with E-state index >= 15 is 0 Å². The molecular formula is C19H21NO. The van der Waals surface area contributed by atoms with Crippen molar-refractivity contribution in [3.63, 3.8) is 0 Å². The van der Waals surface area contributed by atoms with E-state index in [2.05, 4.69) is 6.92 Å². The van der Waals surface area contributed by atoms with Gasteiger partial charge in [-0.25, -0.2) is 0 Å². The van der Waals surface area contributed by atoms with Gasteiger partial charge < -0.3 is 4.90 Å². The van der Waals surface area contributed by atoms with Crippen LogP contribution >= 0.6 is 0 Å². The zero-order valence-electron chi connectivity index (χ0n) is 12.8. The number of benzene rings is 2. The summed E-state index contributed by atoms with van der Waals surface area (Å²) < 4.78 is 0.